The van der Waals surface area contributed by atoms with Crippen LogP contribution in [0, 0.1) is 12.8 Å². The highest BCUT2D eigenvalue weighted by atomic mass is 16.2. The largest absolute Gasteiger partial charge is 0.372 e. The zero-order valence-corrected chi connectivity index (χ0v) is 22.4. The lowest BCUT2D eigenvalue weighted by atomic mass is 10.0. The van der Waals surface area contributed by atoms with Gasteiger partial charge in [0.15, 0.2) is 0 Å². The third-order valence-electron chi connectivity index (χ3n) is 7.17. The van der Waals surface area contributed by atoms with E-state index in [1.54, 1.807) is 0 Å². The van der Waals surface area contributed by atoms with E-state index in [1.807, 2.05) is 24.8 Å². The molecular weight excluding hydrogens is 434 g/mol. The predicted octanol–water partition coefficient (Wildman–Crippen LogP) is 4.55. The summed E-state index contributed by atoms with van der Waals surface area (Å²) in [6.07, 6.45) is 3.93. The lowest BCUT2D eigenvalue weighted by Gasteiger charge is -2.37. The highest BCUT2D eigenvalue weighted by Crippen LogP contribution is 2.19. The van der Waals surface area contributed by atoms with Gasteiger partial charge in [-0.05, 0) is 50.0 Å². The zero-order valence-electron chi connectivity index (χ0n) is 22.4. The van der Waals surface area contributed by atoms with Gasteiger partial charge in [-0.2, -0.15) is 0 Å². The standard InChI is InChI=1S/C29H43N5O/c1-8-9-24(5)32-14-12-31(13-15-32)21-27-11-10-23(4)28(20-27)29(35)34-18-16-33(17-19-34)26(7)30-25(6)22(2)3/h8-11,20,22H,1,6,12-19,21H2,2-5,7H3/b24-9+,30-26+. The van der Waals surface area contributed by atoms with E-state index in [0.717, 1.165) is 68.5 Å². The number of aryl methyl sites for hydroxylation is 1. The first kappa shape index (κ1) is 26.7. The summed E-state index contributed by atoms with van der Waals surface area (Å²) in [7, 11) is 0. The van der Waals surface area contributed by atoms with Gasteiger partial charge in [-0.25, -0.2) is 4.99 Å². The summed E-state index contributed by atoms with van der Waals surface area (Å²) >= 11 is 0. The number of aliphatic imine (C=N–C) groups is 1. The molecule has 3 rings (SSSR count). The summed E-state index contributed by atoms with van der Waals surface area (Å²) in [5.41, 5.74) is 5.26. The number of piperazine rings is 2. The van der Waals surface area contributed by atoms with Crippen molar-refractivity contribution < 1.29 is 4.79 Å². The van der Waals surface area contributed by atoms with E-state index in [1.165, 1.54) is 11.3 Å². The first-order valence-electron chi connectivity index (χ1n) is 12.8. The number of nitrogens with zero attached hydrogens (tertiary/aromatic N) is 5. The molecule has 1 aromatic rings. The average Bonchev–Trinajstić information content (AvgIpc) is 2.85. The van der Waals surface area contributed by atoms with E-state index in [0.29, 0.717) is 19.0 Å². The van der Waals surface area contributed by atoms with Crippen molar-refractivity contribution in [2.24, 2.45) is 10.9 Å². The van der Waals surface area contributed by atoms with Crippen molar-refractivity contribution in [2.45, 2.75) is 41.2 Å². The summed E-state index contributed by atoms with van der Waals surface area (Å²) in [6.45, 7) is 26.3. The van der Waals surface area contributed by atoms with Gasteiger partial charge >= 0.3 is 0 Å². The minimum Gasteiger partial charge on any atom is -0.372 e. The molecule has 0 N–H and O–H groups in total. The van der Waals surface area contributed by atoms with Crippen molar-refractivity contribution in [3.05, 3.63) is 71.6 Å². The third kappa shape index (κ3) is 7.07. The summed E-state index contributed by atoms with van der Waals surface area (Å²) in [5, 5.41) is 0. The first-order chi connectivity index (χ1) is 16.7. The maximum absolute atomic E-state index is 13.4. The van der Waals surface area contributed by atoms with Gasteiger partial charge in [-0.3, -0.25) is 9.69 Å². The number of carbonyl (C=O) groups excluding carboxylic acids is 1. The fraction of sp³-hybridized carbons (Fsp3) is 0.517. The summed E-state index contributed by atoms with van der Waals surface area (Å²) < 4.78 is 0. The Morgan fingerprint density at radius 3 is 2.20 bits per heavy atom. The van der Waals surface area contributed by atoms with Crippen LogP contribution >= 0.6 is 0 Å². The Hall–Kier alpha value is -2.86. The second-order valence-corrected chi connectivity index (χ2v) is 10.0. The number of rotatable bonds is 7. The van der Waals surface area contributed by atoms with Crippen molar-refractivity contribution in [3.8, 4) is 0 Å². The number of hydrogen-bond acceptors (Lipinski definition) is 4. The van der Waals surface area contributed by atoms with Crippen LogP contribution in [0.3, 0.4) is 0 Å². The van der Waals surface area contributed by atoms with Crippen LogP contribution in [0.1, 0.15) is 49.2 Å². The van der Waals surface area contributed by atoms with Crippen LogP contribution in [0.15, 0.2) is 59.9 Å². The molecule has 0 bridgehead atoms. The molecule has 2 aliphatic heterocycles. The Morgan fingerprint density at radius 1 is 1.00 bits per heavy atom. The number of carbonyl (C=O) groups is 1. The molecule has 0 radical (unpaired) electrons. The number of benzene rings is 1. The lowest BCUT2D eigenvalue weighted by molar-refractivity contribution is 0.0690. The number of amidine groups is 1. The predicted molar refractivity (Wildman–Crippen MR) is 147 cm³/mol. The monoisotopic (exact) mass is 477 g/mol. The highest BCUT2D eigenvalue weighted by Gasteiger charge is 2.24. The molecule has 35 heavy (non-hydrogen) atoms. The van der Waals surface area contributed by atoms with Crippen molar-refractivity contribution in [1.82, 2.24) is 19.6 Å². The molecule has 6 heteroatoms. The summed E-state index contributed by atoms with van der Waals surface area (Å²) in [5.74, 6) is 1.47. The molecule has 2 saturated heterocycles. The molecule has 2 aliphatic rings. The van der Waals surface area contributed by atoms with Crippen LogP contribution in [0.25, 0.3) is 0 Å². The highest BCUT2D eigenvalue weighted by molar-refractivity contribution is 5.96. The van der Waals surface area contributed by atoms with Gasteiger partial charge in [0.05, 0.1) is 0 Å². The normalized spacial score (nSPS) is 18.3. The van der Waals surface area contributed by atoms with Gasteiger partial charge in [0.2, 0.25) is 0 Å². The van der Waals surface area contributed by atoms with Gasteiger partial charge < -0.3 is 14.7 Å². The van der Waals surface area contributed by atoms with Crippen molar-refractivity contribution in [2.75, 3.05) is 52.4 Å². The molecule has 2 heterocycles. The second kappa shape index (κ2) is 12.2. The van der Waals surface area contributed by atoms with Crippen LogP contribution in [-0.2, 0) is 6.54 Å². The summed E-state index contributed by atoms with van der Waals surface area (Å²) in [6, 6.07) is 6.37. The molecule has 190 valence electrons. The first-order valence-corrected chi connectivity index (χ1v) is 12.8. The van der Waals surface area contributed by atoms with Crippen LogP contribution < -0.4 is 0 Å². The molecule has 0 saturated carbocycles. The van der Waals surface area contributed by atoms with Crippen LogP contribution in [-0.4, -0.2) is 83.7 Å². The molecule has 0 atom stereocenters. The Morgan fingerprint density at radius 2 is 1.60 bits per heavy atom. The molecular formula is C29H43N5O. The molecule has 0 aromatic heterocycles. The Bertz CT molecular complexity index is 977. The number of hydrogen-bond donors (Lipinski definition) is 0. The molecule has 1 aromatic carbocycles. The van der Waals surface area contributed by atoms with E-state index in [2.05, 4.69) is 77.9 Å². The van der Waals surface area contributed by atoms with Crippen LogP contribution in [0.5, 0.6) is 0 Å². The third-order valence-corrected chi connectivity index (χ3v) is 7.17. The van der Waals surface area contributed by atoms with Crippen LogP contribution in [0.4, 0.5) is 0 Å². The second-order valence-electron chi connectivity index (χ2n) is 10.0. The molecule has 0 aliphatic carbocycles. The van der Waals surface area contributed by atoms with Gasteiger partial charge in [-0.1, -0.05) is 45.2 Å². The van der Waals surface area contributed by atoms with Crippen LogP contribution in [0.2, 0.25) is 0 Å². The Labute approximate surface area is 212 Å². The van der Waals surface area contributed by atoms with Crippen molar-refractivity contribution >= 4 is 11.7 Å². The quantitative estimate of drug-likeness (QED) is 0.328. The minimum atomic E-state index is 0.139. The lowest BCUT2D eigenvalue weighted by Crippen LogP contribution is -2.50. The van der Waals surface area contributed by atoms with E-state index < -0.39 is 0 Å². The van der Waals surface area contributed by atoms with Gasteiger partial charge in [0, 0.05) is 75.9 Å². The maximum Gasteiger partial charge on any atom is 0.254 e. The fourth-order valence-corrected chi connectivity index (χ4v) is 4.60. The minimum absolute atomic E-state index is 0.139. The molecule has 0 spiro atoms. The van der Waals surface area contributed by atoms with Gasteiger partial charge in [-0.15, -0.1) is 0 Å². The number of allylic oxidation sites excluding steroid dienone is 4. The van der Waals surface area contributed by atoms with E-state index in [9.17, 15) is 4.79 Å². The molecule has 1 amide bonds. The molecule has 2 fully saturated rings. The smallest absolute Gasteiger partial charge is 0.254 e. The Balaban J connectivity index is 1.58. The van der Waals surface area contributed by atoms with E-state index >= 15 is 0 Å². The molecule has 0 unspecified atom stereocenters. The fourth-order valence-electron chi connectivity index (χ4n) is 4.60. The zero-order chi connectivity index (χ0) is 25.5. The molecule has 6 nitrogen and oxygen atoms in total. The number of amides is 1. The topological polar surface area (TPSA) is 42.4 Å². The Kier molecular flexibility index (Phi) is 9.33. The van der Waals surface area contributed by atoms with Gasteiger partial charge in [0.25, 0.3) is 5.91 Å². The van der Waals surface area contributed by atoms with Crippen molar-refractivity contribution in [1.29, 1.82) is 0 Å². The van der Waals surface area contributed by atoms with Gasteiger partial charge in [0.1, 0.15) is 5.84 Å². The van der Waals surface area contributed by atoms with E-state index in [-0.39, 0.29) is 5.91 Å². The van der Waals surface area contributed by atoms with Crippen molar-refractivity contribution in [3.63, 3.8) is 0 Å². The van der Waals surface area contributed by atoms with E-state index in [4.69, 9.17) is 0 Å². The average molecular weight is 478 g/mol. The SMILES string of the molecule is C=C/C=C(\C)N1CCN(Cc2ccc(C)c(C(=O)N3CCN(/C(C)=N/C(=C)C(C)C)CC3)c2)CC1. The maximum atomic E-state index is 13.4. The summed E-state index contributed by atoms with van der Waals surface area (Å²) in [4.78, 5) is 27.2.